The van der Waals surface area contributed by atoms with Crippen molar-refractivity contribution in [2.45, 2.75) is 6.61 Å². The third-order valence-electron chi connectivity index (χ3n) is 4.82. The SMILES string of the molecule is COc1cc(C(=O)Nc2ccccc2Oc2ccccc2)cc(Cl)c1OCc1ccccc1. The van der Waals surface area contributed by atoms with Gasteiger partial charge in [-0.25, -0.2) is 0 Å². The first-order valence-electron chi connectivity index (χ1n) is 10.3. The predicted octanol–water partition coefficient (Wildman–Crippen LogP) is 6.97. The maximum atomic E-state index is 13.0. The second-order valence-corrected chi connectivity index (χ2v) is 7.54. The highest BCUT2D eigenvalue weighted by atomic mass is 35.5. The Balaban J connectivity index is 1.52. The molecule has 4 rings (SSSR count). The second kappa shape index (κ2) is 10.6. The van der Waals surface area contributed by atoms with Crippen LogP contribution in [0.1, 0.15) is 15.9 Å². The molecule has 0 aromatic heterocycles. The normalized spacial score (nSPS) is 10.4. The minimum Gasteiger partial charge on any atom is -0.493 e. The van der Waals surface area contributed by atoms with E-state index in [1.54, 1.807) is 24.3 Å². The van der Waals surface area contributed by atoms with Crippen LogP contribution in [0.4, 0.5) is 5.69 Å². The quantitative estimate of drug-likeness (QED) is 0.309. The maximum absolute atomic E-state index is 13.0. The van der Waals surface area contributed by atoms with Crippen LogP contribution < -0.4 is 19.5 Å². The van der Waals surface area contributed by atoms with Crippen molar-refractivity contribution in [3.05, 3.63) is 113 Å². The van der Waals surface area contributed by atoms with Crippen LogP contribution in [-0.4, -0.2) is 13.0 Å². The van der Waals surface area contributed by atoms with Crippen molar-refractivity contribution in [1.29, 1.82) is 0 Å². The molecule has 5 nitrogen and oxygen atoms in total. The van der Waals surface area contributed by atoms with E-state index in [-0.39, 0.29) is 10.9 Å². The Bertz CT molecular complexity index is 1230. The van der Waals surface area contributed by atoms with Crippen molar-refractivity contribution in [2.24, 2.45) is 0 Å². The second-order valence-electron chi connectivity index (χ2n) is 7.13. The lowest BCUT2D eigenvalue weighted by molar-refractivity contribution is 0.102. The lowest BCUT2D eigenvalue weighted by Gasteiger charge is -2.15. The Kier molecular flexibility index (Phi) is 7.12. The van der Waals surface area contributed by atoms with Gasteiger partial charge in [0.05, 0.1) is 17.8 Å². The highest BCUT2D eigenvalue weighted by molar-refractivity contribution is 6.32. The predicted molar refractivity (Wildman–Crippen MR) is 130 cm³/mol. The van der Waals surface area contributed by atoms with Crippen LogP contribution in [0.15, 0.2) is 97.1 Å². The number of methoxy groups -OCH3 is 1. The Hall–Kier alpha value is -3.96. The van der Waals surface area contributed by atoms with Gasteiger partial charge in [0.15, 0.2) is 17.2 Å². The molecule has 0 saturated carbocycles. The smallest absolute Gasteiger partial charge is 0.255 e. The molecule has 0 aliphatic rings. The molecule has 166 valence electrons. The summed E-state index contributed by atoms with van der Waals surface area (Å²) in [6, 6.07) is 29.5. The minimum atomic E-state index is -0.353. The summed E-state index contributed by atoms with van der Waals surface area (Å²) in [4.78, 5) is 13.0. The van der Waals surface area contributed by atoms with Crippen LogP contribution in [0.5, 0.6) is 23.0 Å². The van der Waals surface area contributed by atoms with Gasteiger partial charge in [-0.2, -0.15) is 0 Å². The molecule has 0 radical (unpaired) electrons. The van der Waals surface area contributed by atoms with E-state index < -0.39 is 0 Å². The van der Waals surface area contributed by atoms with Gasteiger partial charge >= 0.3 is 0 Å². The highest BCUT2D eigenvalue weighted by Crippen LogP contribution is 2.37. The summed E-state index contributed by atoms with van der Waals surface area (Å²) in [7, 11) is 1.51. The Labute approximate surface area is 197 Å². The molecule has 1 amide bonds. The van der Waals surface area contributed by atoms with E-state index in [1.807, 2.05) is 72.8 Å². The van der Waals surface area contributed by atoms with Crippen molar-refractivity contribution in [3.63, 3.8) is 0 Å². The van der Waals surface area contributed by atoms with E-state index in [9.17, 15) is 4.79 Å². The summed E-state index contributed by atoms with van der Waals surface area (Å²) in [5.74, 6) is 1.60. The first kappa shape index (κ1) is 22.2. The average molecular weight is 460 g/mol. The van der Waals surface area contributed by atoms with Crippen molar-refractivity contribution < 1.29 is 19.0 Å². The molecule has 4 aromatic rings. The molecule has 0 aliphatic carbocycles. The van der Waals surface area contributed by atoms with Crippen molar-refractivity contribution >= 4 is 23.2 Å². The number of benzene rings is 4. The molecule has 4 aromatic carbocycles. The maximum Gasteiger partial charge on any atom is 0.255 e. The molecular formula is C27H22ClNO4. The van der Waals surface area contributed by atoms with Crippen LogP contribution in [-0.2, 0) is 6.61 Å². The number of hydrogen-bond donors (Lipinski definition) is 1. The molecule has 0 bridgehead atoms. The monoisotopic (exact) mass is 459 g/mol. The first-order valence-corrected chi connectivity index (χ1v) is 10.7. The summed E-state index contributed by atoms with van der Waals surface area (Å²) < 4.78 is 17.2. The molecule has 0 saturated heterocycles. The molecule has 0 atom stereocenters. The third-order valence-corrected chi connectivity index (χ3v) is 5.10. The van der Waals surface area contributed by atoms with E-state index in [0.29, 0.717) is 40.9 Å². The number of halogens is 1. The number of hydrogen-bond acceptors (Lipinski definition) is 4. The number of rotatable bonds is 8. The molecule has 6 heteroatoms. The molecule has 0 spiro atoms. The van der Waals surface area contributed by atoms with Crippen molar-refractivity contribution in [3.8, 4) is 23.0 Å². The number of anilines is 1. The summed E-state index contributed by atoms with van der Waals surface area (Å²) >= 11 is 6.46. The lowest BCUT2D eigenvalue weighted by Crippen LogP contribution is -2.13. The first-order chi connectivity index (χ1) is 16.1. The Morgan fingerprint density at radius 1 is 0.848 bits per heavy atom. The zero-order chi connectivity index (χ0) is 23.0. The largest absolute Gasteiger partial charge is 0.493 e. The minimum absolute atomic E-state index is 0.282. The fraction of sp³-hybridized carbons (Fsp3) is 0.0741. The van der Waals surface area contributed by atoms with Gasteiger partial charge in [-0.05, 0) is 42.0 Å². The highest BCUT2D eigenvalue weighted by Gasteiger charge is 2.17. The Morgan fingerprint density at radius 3 is 2.24 bits per heavy atom. The summed E-state index contributed by atoms with van der Waals surface area (Å²) in [5, 5.41) is 3.17. The lowest BCUT2D eigenvalue weighted by atomic mass is 10.1. The van der Waals surface area contributed by atoms with E-state index in [0.717, 1.165) is 5.56 Å². The zero-order valence-corrected chi connectivity index (χ0v) is 18.7. The molecule has 0 fully saturated rings. The van der Waals surface area contributed by atoms with E-state index in [2.05, 4.69) is 5.32 Å². The topological polar surface area (TPSA) is 56.8 Å². The molecular weight excluding hydrogens is 438 g/mol. The fourth-order valence-electron chi connectivity index (χ4n) is 3.19. The van der Waals surface area contributed by atoms with Gasteiger partial charge in [0.25, 0.3) is 5.91 Å². The van der Waals surface area contributed by atoms with Gasteiger partial charge in [-0.1, -0.05) is 72.3 Å². The van der Waals surface area contributed by atoms with E-state index in [1.165, 1.54) is 7.11 Å². The molecule has 0 aliphatic heterocycles. The number of nitrogens with one attached hydrogen (secondary N) is 1. The third kappa shape index (κ3) is 5.64. The van der Waals surface area contributed by atoms with E-state index in [4.69, 9.17) is 25.8 Å². The zero-order valence-electron chi connectivity index (χ0n) is 18.0. The fourth-order valence-corrected chi connectivity index (χ4v) is 3.45. The number of para-hydroxylation sites is 3. The van der Waals surface area contributed by atoms with Gasteiger partial charge < -0.3 is 19.5 Å². The Morgan fingerprint density at radius 2 is 1.52 bits per heavy atom. The number of carbonyl (C=O) groups is 1. The average Bonchev–Trinajstić information content (AvgIpc) is 2.85. The number of carbonyl (C=O) groups excluding carboxylic acids is 1. The van der Waals surface area contributed by atoms with Gasteiger partial charge in [-0.15, -0.1) is 0 Å². The molecule has 1 N–H and O–H groups in total. The van der Waals surface area contributed by atoms with Gasteiger partial charge in [0.1, 0.15) is 12.4 Å². The summed E-state index contributed by atoms with van der Waals surface area (Å²) in [5.41, 5.74) is 1.86. The van der Waals surface area contributed by atoms with Crippen molar-refractivity contribution in [2.75, 3.05) is 12.4 Å². The van der Waals surface area contributed by atoms with Crippen LogP contribution in [0.2, 0.25) is 5.02 Å². The summed E-state index contributed by atoms with van der Waals surface area (Å²) in [6.07, 6.45) is 0. The number of amides is 1. The van der Waals surface area contributed by atoms with Crippen LogP contribution in [0.3, 0.4) is 0 Å². The van der Waals surface area contributed by atoms with Gasteiger partial charge in [0.2, 0.25) is 0 Å². The van der Waals surface area contributed by atoms with Gasteiger partial charge in [0, 0.05) is 5.56 Å². The van der Waals surface area contributed by atoms with Crippen LogP contribution in [0, 0.1) is 0 Å². The van der Waals surface area contributed by atoms with Crippen LogP contribution in [0.25, 0.3) is 0 Å². The van der Waals surface area contributed by atoms with E-state index >= 15 is 0 Å². The van der Waals surface area contributed by atoms with Crippen molar-refractivity contribution in [1.82, 2.24) is 0 Å². The number of ether oxygens (including phenoxy) is 3. The molecule has 0 unspecified atom stereocenters. The molecule has 33 heavy (non-hydrogen) atoms. The summed E-state index contributed by atoms with van der Waals surface area (Å²) in [6.45, 7) is 0.326. The van der Waals surface area contributed by atoms with Crippen LogP contribution >= 0.6 is 11.6 Å². The van der Waals surface area contributed by atoms with Gasteiger partial charge in [-0.3, -0.25) is 4.79 Å². The standard InChI is InChI=1S/C27H22ClNO4/c1-31-25-17-20(16-22(28)26(25)32-18-19-10-4-2-5-11-19)27(30)29-23-14-8-9-15-24(23)33-21-12-6-3-7-13-21/h2-17H,18H2,1H3,(H,29,30). The molecule has 0 heterocycles.